The van der Waals surface area contributed by atoms with E-state index in [1.54, 1.807) is 18.2 Å². The zero-order valence-electron chi connectivity index (χ0n) is 11.5. The first kappa shape index (κ1) is 13.9. The predicted molar refractivity (Wildman–Crippen MR) is 74.7 cm³/mol. The van der Waals surface area contributed by atoms with Crippen molar-refractivity contribution in [3.8, 4) is 0 Å². The molecule has 7 nitrogen and oxygen atoms in total. The van der Waals surface area contributed by atoms with Crippen LogP contribution in [0.1, 0.15) is 24.2 Å². The predicted octanol–water partition coefficient (Wildman–Crippen LogP) is 1.88. The Morgan fingerprint density at radius 2 is 2.10 bits per heavy atom. The fourth-order valence-electron chi connectivity index (χ4n) is 1.70. The van der Waals surface area contributed by atoms with E-state index in [9.17, 15) is 9.59 Å². The number of amides is 2. The molecule has 0 atom stereocenters. The minimum absolute atomic E-state index is 0.0662. The van der Waals surface area contributed by atoms with Gasteiger partial charge in [-0.05, 0) is 32.0 Å². The maximum absolute atomic E-state index is 11.9. The van der Waals surface area contributed by atoms with E-state index in [1.807, 2.05) is 13.8 Å². The number of rotatable bonds is 3. The van der Waals surface area contributed by atoms with Crippen molar-refractivity contribution in [3.05, 3.63) is 23.8 Å². The molecule has 1 aromatic carbocycles. The van der Waals surface area contributed by atoms with Crippen molar-refractivity contribution < 1.29 is 14.3 Å². The summed E-state index contributed by atoms with van der Waals surface area (Å²) in [6.45, 7) is 3.79. The number of carbonyl (C=O) groups is 2. The Morgan fingerprint density at radius 1 is 1.35 bits per heavy atom. The molecule has 106 valence electrons. The number of ether oxygens (including phenoxy) is 1. The van der Waals surface area contributed by atoms with Gasteiger partial charge in [0.25, 0.3) is 5.91 Å². The van der Waals surface area contributed by atoms with Crippen molar-refractivity contribution in [1.29, 1.82) is 0 Å². The first-order valence-corrected chi connectivity index (χ1v) is 6.15. The summed E-state index contributed by atoms with van der Waals surface area (Å²) >= 11 is 0. The third kappa shape index (κ3) is 3.05. The quantitative estimate of drug-likeness (QED) is 0.797. The molecule has 0 spiro atoms. The molecule has 0 aliphatic carbocycles. The average molecular weight is 276 g/mol. The fourth-order valence-corrected chi connectivity index (χ4v) is 1.70. The lowest BCUT2D eigenvalue weighted by Crippen LogP contribution is -2.29. The van der Waals surface area contributed by atoms with Crippen LogP contribution in [0.3, 0.4) is 0 Å². The standard InChI is InChI=1S/C13H16N4O3/c1-7(2)14-11(18)8-4-5-9-10(6-8)16-12(15-9)17-13(19)20-3/h4-7H,1-3H3,(H,14,18)(H2,15,16,17,19). The normalized spacial score (nSPS) is 10.6. The molecule has 0 saturated carbocycles. The summed E-state index contributed by atoms with van der Waals surface area (Å²) in [5.41, 5.74) is 1.84. The summed E-state index contributed by atoms with van der Waals surface area (Å²) in [6, 6.07) is 5.14. The molecule has 0 fully saturated rings. The molecule has 0 aliphatic rings. The molecule has 2 amide bonds. The van der Waals surface area contributed by atoms with Gasteiger partial charge in [-0.2, -0.15) is 0 Å². The van der Waals surface area contributed by atoms with Gasteiger partial charge in [0.05, 0.1) is 18.1 Å². The summed E-state index contributed by atoms with van der Waals surface area (Å²) in [5.74, 6) is 0.118. The Morgan fingerprint density at radius 3 is 2.75 bits per heavy atom. The molecule has 20 heavy (non-hydrogen) atoms. The first-order chi connectivity index (χ1) is 9.49. The highest BCUT2D eigenvalue weighted by molar-refractivity contribution is 5.98. The maximum atomic E-state index is 11.9. The molecule has 2 aromatic rings. The van der Waals surface area contributed by atoms with Crippen LogP contribution >= 0.6 is 0 Å². The second kappa shape index (κ2) is 5.60. The van der Waals surface area contributed by atoms with Crippen molar-refractivity contribution in [3.63, 3.8) is 0 Å². The molecule has 0 saturated heterocycles. The lowest BCUT2D eigenvalue weighted by atomic mass is 10.2. The lowest BCUT2D eigenvalue weighted by molar-refractivity contribution is 0.0943. The van der Waals surface area contributed by atoms with Gasteiger partial charge in [0.15, 0.2) is 0 Å². The van der Waals surface area contributed by atoms with Crippen LogP contribution in [0, 0.1) is 0 Å². The van der Waals surface area contributed by atoms with Gasteiger partial charge in [0.2, 0.25) is 5.95 Å². The Kier molecular flexibility index (Phi) is 3.88. The Hall–Kier alpha value is -2.57. The van der Waals surface area contributed by atoms with Crippen LogP contribution in [0.2, 0.25) is 0 Å². The smallest absolute Gasteiger partial charge is 0.413 e. The van der Waals surface area contributed by atoms with Crippen LogP contribution in [-0.4, -0.2) is 35.1 Å². The van der Waals surface area contributed by atoms with Gasteiger partial charge in [-0.1, -0.05) is 0 Å². The number of carbonyl (C=O) groups excluding carboxylic acids is 2. The van der Waals surface area contributed by atoms with E-state index in [2.05, 4.69) is 25.3 Å². The van der Waals surface area contributed by atoms with E-state index < -0.39 is 6.09 Å². The second-order valence-corrected chi connectivity index (χ2v) is 4.56. The monoisotopic (exact) mass is 276 g/mol. The van der Waals surface area contributed by atoms with Gasteiger partial charge < -0.3 is 15.0 Å². The van der Waals surface area contributed by atoms with Gasteiger partial charge in [0.1, 0.15) is 0 Å². The average Bonchev–Trinajstić information content (AvgIpc) is 2.78. The van der Waals surface area contributed by atoms with E-state index in [0.717, 1.165) is 0 Å². The first-order valence-electron chi connectivity index (χ1n) is 6.15. The molecule has 1 aromatic heterocycles. The number of aromatic nitrogens is 2. The van der Waals surface area contributed by atoms with Gasteiger partial charge in [-0.15, -0.1) is 0 Å². The molecule has 0 unspecified atom stereocenters. The van der Waals surface area contributed by atoms with Crippen molar-refractivity contribution in [2.24, 2.45) is 0 Å². The SMILES string of the molecule is COC(=O)Nc1nc2ccc(C(=O)NC(C)C)cc2[nH]1. The number of anilines is 1. The Balaban J connectivity index is 2.25. The number of H-pyrrole nitrogens is 1. The van der Waals surface area contributed by atoms with E-state index >= 15 is 0 Å². The summed E-state index contributed by atoms with van der Waals surface area (Å²) in [4.78, 5) is 30.1. The van der Waals surface area contributed by atoms with E-state index in [-0.39, 0.29) is 17.9 Å². The molecule has 0 radical (unpaired) electrons. The van der Waals surface area contributed by atoms with Crippen LogP contribution in [0.25, 0.3) is 11.0 Å². The fraction of sp³-hybridized carbons (Fsp3) is 0.308. The Labute approximate surface area is 115 Å². The third-order valence-corrected chi connectivity index (χ3v) is 2.57. The van der Waals surface area contributed by atoms with Crippen LogP contribution in [0.4, 0.5) is 10.7 Å². The van der Waals surface area contributed by atoms with Crippen LogP contribution in [0.5, 0.6) is 0 Å². The summed E-state index contributed by atoms with van der Waals surface area (Å²) in [7, 11) is 1.27. The van der Waals surface area contributed by atoms with Crippen molar-refractivity contribution in [2.75, 3.05) is 12.4 Å². The van der Waals surface area contributed by atoms with Crippen LogP contribution in [-0.2, 0) is 4.74 Å². The van der Waals surface area contributed by atoms with Crippen molar-refractivity contribution in [2.45, 2.75) is 19.9 Å². The van der Waals surface area contributed by atoms with Gasteiger partial charge in [-0.3, -0.25) is 10.1 Å². The van der Waals surface area contributed by atoms with Crippen LogP contribution in [0.15, 0.2) is 18.2 Å². The minimum atomic E-state index is -0.609. The summed E-state index contributed by atoms with van der Waals surface area (Å²) in [6.07, 6.45) is -0.609. The maximum Gasteiger partial charge on any atom is 0.413 e. The summed E-state index contributed by atoms with van der Waals surface area (Å²) < 4.78 is 4.48. The molecular formula is C13H16N4O3. The minimum Gasteiger partial charge on any atom is -0.453 e. The number of benzene rings is 1. The molecule has 0 bridgehead atoms. The topological polar surface area (TPSA) is 96.1 Å². The molecule has 1 heterocycles. The van der Waals surface area contributed by atoms with E-state index in [4.69, 9.17) is 0 Å². The molecule has 2 rings (SSSR count). The van der Waals surface area contributed by atoms with Crippen LogP contribution < -0.4 is 10.6 Å². The zero-order chi connectivity index (χ0) is 14.7. The highest BCUT2D eigenvalue weighted by Gasteiger charge is 2.11. The number of aromatic amines is 1. The highest BCUT2D eigenvalue weighted by Crippen LogP contribution is 2.16. The molecule has 0 aliphatic heterocycles. The number of hydrogen-bond donors (Lipinski definition) is 3. The number of hydrogen-bond acceptors (Lipinski definition) is 4. The van der Waals surface area contributed by atoms with Gasteiger partial charge >= 0.3 is 6.09 Å². The third-order valence-electron chi connectivity index (χ3n) is 2.57. The van der Waals surface area contributed by atoms with Gasteiger partial charge in [-0.25, -0.2) is 9.78 Å². The lowest BCUT2D eigenvalue weighted by Gasteiger charge is -2.07. The van der Waals surface area contributed by atoms with Gasteiger partial charge in [0, 0.05) is 11.6 Å². The molecule has 3 N–H and O–H groups in total. The van der Waals surface area contributed by atoms with Crippen molar-refractivity contribution >= 4 is 29.0 Å². The summed E-state index contributed by atoms with van der Waals surface area (Å²) in [5, 5.41) is 5.24. The number of nitrogens with zero attached hydrogens (tertiary/aromatic N) is 1. The Bertz CT molecular complexity index is 648. The highest BCUT2D eigenvalue weighted by atomic mass is 16.5. The number of fused-ring (bicyclic) bond motifs is 1. The van der Waals surface area contributed by atoms with E-state index in [1.165, 1.54) is 7.11 Å². The number of methoxy groups -OCH3 is 1. The molecule has 7 heteroatoms. The second-order valence-electron chi connectivity index (χ2n) is 4.56. The van der Waals surface area contributed by atoms with Crippen molar-refractivity contribution in [1.82, 2.24) is 15.3 Å². The molecular weight excluding hydrogens is 260 g/mol. The number of imidazole rings is 1. The zero-order valence-corrected chi connectivity index (χ0v) is 11.5. The largest absolute Gasteiger partial charge is 0.453 e. The number of nitrogens with one attached hydrogen (secondary N) is 3. The van der Waals surface area contributed by atoms with E-state index in [0.29, 0.717) is 16.6 Å².